The standard InChI is InChI=1S/C18H14Cl2O3/c1-21-17-5-3-11(9-13(17)19)15-7-8-16(23-15)12-4-6-18(22-2)14(20)10-12/h3-10H,1-2H3. The first kappa shape index (κ1) is 15.8. The maximum atomic E-state index is 6.16. The van der Waals surface area contributed by atoms with Gasteiger partial charge < -0.3 is 13.9 Å². The zero-order valence-corrected chi connectivity index (χ0v) is 14.1. The Balaban J connectivity index is 1.94. The Bertz CT molecular complexity index is 772. The van der Waals surface area contributed by atoms with Crippen molar-refractivity contribution in [3.63, 3.8) is 0 Å². The van der Waals surface area contributed by atoms with Gasteiger partial charge in [-0.25, -0.2) is 0 Å². The largest absolute Gasteiger partial charge is 0.495 e. The van der Waals surface area contributed by atoms with E-state index < -0.39 is 0 Å². The first-order chi connectivity index (χ1) is 11.1. The summed E-state index contributed by atoms with van der Waals surface area (Å²) >= 11 is 12.3. The number of benzene rings is 2. The summed E-state index contributed by atoms with van der Waals surface area (Å²) < 4.78 is 16.2. The third-order valence-electron chi connectivity index (χ3n) is 3.48. The summed E-state index contributed by atoms with van der Waals surface area (Å²) in [6, 6.07) is 14.8. The molecule has 0 fully saturated rings. The SMILES string of the molecule is COc1ccc(-c2ccc(-c3ccc(OC)c(Cl)c3)o2)cc1Cl. The van der Waals surface area contributed by atoms with Crippen LogP contribution in [0.3, 0.4) is 0 Å². The van der Waals surface area contributed by atoms with Gasteiger partial charge in [-0.3, -0.25) is 0 Å². The van der Waals surface area contributed by atoms with Gasteiger partial charge in [0.25, 0.3) is 0 Å². The molecule has 0 aliphatic rings. The van der Waals surface area contributed by atoms with Crippen molar-refractivity contribution in [1.29, 1.82) is 0 Å². The zero-order chi connectivity index (χ0) is 16.4. The minimum atomic E-state index is 0.537. The fourth-order valence-corrected chi connectivity index (χ4v) is 2.80. The lowest BCUT2D eigenvalue weighted by Gasteiger charge is -2.05. The molecule has 0 saturated carbocycles. The summed E-state index contributed by atoms with van der Waals surface area (Å²) in [5, 5.41) is 1.07. The molecule has 1 heterocycles. The van der Waals surface area contributed by atoms with E-state index in [0.717, 1.165) is 22.6 Å². The van der Waals surface area contributed by atoms with Gasteiger partial charge in [0.15, 0.2) is 0 Å². The van der Waals surface area contributed by atoms with E-state index in [2.05, 4.69) is 0 Å². The van der Waals surface area contributed by atoms with Crippen molar-refractivity contribution >= 4 is 23.2 Å². The number of rotatable bonds is 4. The molecule has 0 saturated heterocycles. The normalized spacial score (nSPS) is 10.6. The Hall–Kier alpha value is -2.10. The molecular formula is C18H14Cl2O3. The summed E-state index contributed by atoms with van der Waals surface area (Å²) in [4.78, 5) is 0. The number of hydrogen-bond donors (Lipinski definition) is 0. The lowest BCUT2D eigenvalue weighted by Crippen LogP contribution is -1.84. The quantitative estimate of drug-likeness (QED) is 0.584. The molecule has 2 aromatic carbocycles. The van der Waals surface area contributed by atoms with Crippen LogP contribution in [0.2, 0.25) is 10.0 Å². The van der Waals surface area contributed by atoms with E-state index >= 15 is 0 Å². The van der Waals surface area contributed by atoms with Gasteiger partial charge in [-0.2, -0.15) is 0 Å². The topological polar surface area (TPSA) is 31.6 Å². The Morgan fingerprint density at radius 2 is 1.13 bits per heavy atom. The van der Waals surface area contributed by atoms with Crippen LogP contribution in [-0.4, -0.2) is 14.2 Å². The Kier molecular flexibility index (Phi) is 4.51. The van der Waals surface area contributed by atoms with Gasteiger partial charge in [0.2, 0.25) is 0 Å². The van der Waals surface area contributed by atoms with E-state index in [-0.39, 0.29) is 0 Å². The highest BCUT2D eigenvalue weighted by atomic mass is 35.5. The van der Waals surface area contributed by atoms with Crippen molar-refractivity contribution in [3.05, 3.63) is 58.6 Å². The number of ether oxygens (including phenoxy) is 2. The van der Waals surface area contributed by atoms with Gasteiger partial charge in [0.05, 0.1) is 24.3 Å². The number of halogens is 2. The van der Waals surface area contributed by atoms with E-state index in [0.29, 0.717) is 21.5 Å². The van der Waals surface area contributed by atoms with Crippen LogP contribution in [0.25, 0.3) is 22.6 Å². The van der Waals surface area contributed by atoms with Gasteiger partial charge in [0.1, 0.15) is 23.0 Å². The molecule has 0 spiro atoms. The average molecular weight is 349 g/mol. The van der Waals surface area contributed by atoms with Gasteiger partial charge in [-0.05, 0) is 48.5 Å². The molecule has 23 heavy (non-hydrogen) atoms. The van der Waals surface area contributed by atoms with Gasteiger partial charge in [-0.15, -0.1) is 0 Å². The van der Waals surface area contributed by atoms with Crippen LogP contribution >= 0.6 is 23.2 Å². The molecule has 0 N–H and O–H groups in total. The van der Waals surface area contributed by atoms with Crippen LogP contribution in [-0.2, 0) is 0 Å². The second-order valence-electron chi connectivity index (χ2n) is 4.86. The van der Waals surface area contributed by atoms with Gasteiger partial charge in [0, 0.05) is 11.1 Å². The summed E-state index contributed by atoms with van der Waals surface area (Å²) in [7, 11) is 3.17. The highest BCUT2D eigenvalue weighted by molar-refractivity contribution is 6.32. The minimum Gasteiger partial charge on any atom is -0.495 e. The molecule has 1 aromatic heterocycles. The maximum absolute atomic E-state index is 6.16. The van der Waals surface area contributed by atoms with Crippen molar-refractivity contribution in [2.75, 3.05) is 14.2 Å². The molecule has 0 radical (unpaired) electrons. The van der Waals surface area contributed by atoms with Crippen molar-refractivity contribution in [3.8, 4) is 34.1 Å². The molecule has 0 amide bonds. The van der Waals surface area contributed by atoms with Crippen LogP contribution in [0.1, 0.15) is 0 Å². The number of hydrogen-bond acceptors (Lipinski definition) is 3. The first-order valence-corrected chi connectivity index (χ1v) is 7.65. The average Bonchev–Trinajstić information content (AvgIpc) is 3.04. The maximum Gasteiger partial charge on any atom is 0.137 e. The summed E-state index contributed by atoms with van der Waals surface area (Å²) in [5.74, 6) is 2.70. The van der Waals surface area contributed by atoms with Crippen LogP contribution in [0.15, 0.2) is 52.9 Å². The highest BCUT2D eigenvalue weighted by Gasteiger charge is 2.11. The molecule has 118 valence electrons. The van der Waals surface area contributed by atoms with Crippen molar-refractivity contribution in [1.82, 2.24) is 0 Å². The highest BCUT2D eigenvalue weighted by Crippen LogP contribution is 2.35. The Morgan fingerprint density at radius 1 is 0.696 bits per heavy atom. The Labute approximate surface area is 144 Å². The summed E-state index contributed by atoms with van der Waals surface area (Å²) in [6.07, 6.45) is 0. The molecule has 0 bridgehead atoms. The monoisotopic (exact) mass is 348 g/mol. The molecule has 0 atom stereocenters. The van der Waals surface area contributed by atoms with Crippen LogP contribution in [0, 0.1) is 0 Å². The van der Waals surface area contributed by atoms with Crippen molar-refractivity contribution < 1.29 is 13.9 Å². The second kappa shape index (κ2) is 6.57. The van der Waals surface area contributed by atoms with E-state index in [9.17, 15) is 0 Å². The molecular weight excluding hydrogens is 335 g/mol. The van der Waals surface area contributed by atoms with Crippen molar-refractivity contribution in [2.45, 2.75) is 0 Å². The van der Waals surface area contributed by atoms with Crippen LogP contribution in [0.5, 0.6) is 11.5 Å². The smallest absolute Gasteiger partial charge is 0.137 e. The van der Waals surface area contributed by atoms with E-state index in [1.54, 1.807) is 14.2 Å². The Morgan fingerprint density at radius 3 is 1.48 bits per heavy atom. The molecule has 3 aromatic rings. The minimum absolute atomic E-state index is 0.537. The third-order valence-corrected chi connectivity index (χ3v) is 4.07. The summed E-state index contributed by atoms with van der Waals surface area (Å²) in [6.45, 7) is 0. The predicted molar refractivity (Wildman–Crippen MR) is 92.7 cm³/mol. The fourth-order valence-electron chi connectivity index (χ4n) is 2.29. The van der Waals surface area contributed by atoms with E-state index in [4.69, 9.17) is 37.1 Å². The molecule has 3 nitrogen and oxygen atoms in total. The van der Waals surface area contributed by atoms with E-state index in [1.807, 2.05) is 48.5 Å². The number of furan rings is 1. The summed E-state index contributed by atoms with van der Waals surface area (Å²) in [5.41, 5.74) is 1.75. The predicted octanol–water partition coefficient (Wildman–Crippen LogP) is 5.94. The van der Waals surface area contributed by atoms with Gasteiger partial charge >= 0.3 is 0 Å². The molecule has 0 aliphatic carbocycles. The molecule has 0 unspecified atom stereocenters. The van der Waals surface area contributed by atoms with Gasteiger partial charge in [-0.1, -0.05) is 23.2 Å². The fraction of sp³-hybridized carbons (Fsp3) is 0.111. The molecule has 3 rings (SSSR count). The zero-order valence-electron chi connectivity index (χ0n) is 12.6. The van der Waals surface area contributed by atoms with Crippen LogP contribution in [0.4, 0.5) is 0 Å². The number of methoxy groups -OCH3 is 2. The van der Waals surface area contributed by atoms with E-state index in [1.165, 1.54) is 0 Å². The lowest BCUT2D eigenvalue weighted by molar-refractivity contribution is 0.415. The second-order valence-corrected chi connectivity index (χ2v) is 5.68. The van der Waals surface area contributed by atoms with Crippen molar-refractivity contribution in [2.24, 2.45) is 0 Å². The lowest BCUT2D eigenvalue weighted by atomic mass is 10.1. The molecule has 0 aliphatic heterocycles. The van der Waals surface area contributed by atoms with Crippen LogP contribution < -0.4 is 9.47 Å². The first-order valence-electron chi connectivity index (χ1n) is 6.90. The third kappa shape index (κ3) is 3.16. The molecule has 5 heteroatoms.